The largest absolute Gasteiger partial charge is 0.306 e. The molecule has 1 aromatic heterocycles. The average Bonchev–Trinajstić information content (AvgIpc) is 2.62. The summed E-state index contributed by atoms with van der Waals surface area (Å²) in [6.45, 7) is 0. The molecule has 0 spiro atoms. The molecule has 0 unspecified atom stereocenters. The molecule has 2 amide bonds. The Morgan fingerprint density at radius 1 is 0.654 bits per heavy atom. The lowest BCUT2D eigenvalue weighted by Gasteiger charge is -2.08. The van der Waals surface area contributed by atoms with Crippen molar-refractivity contribution in [1.82, 2.24) is 4.98 Å². The van der Waals surface area contributed by atoms with Crippen LogP contribution in [0.4, 0.5) is 20.4 Å². The third-order valence-electron chi connectivity index (χ3n) is 3.47. The number of amides is 2. The number of carbonyl (C=O) groups excluding carboxylic acids is 2. The summed E-state index contributed by atoms with van der Waals surface area (Å²) >= 11 is 0. The van der Waals surface area contributed by atoms with Gasteiger partial charge in [-0.3, -0.25) is 9.59 Å². The van der Waals surface area contributed by atoms with Crippen molar-refractivity contribution in [3.05, 3.63) is 89.5 Å². The molecule has 26 heavy (non-hydrogen) atoms. The molecule has 0 saturated carbocycles. The number of rotatable bonds is 4. The zero-order valence-electron chi connectivity index (χ0n) is 13.4. The van der Waals surface area contributed by atoms with Crippen LogP contribution in [0.5, 0.6) is 0 Å². The molecular weight excluding hydrogens is 340 g/mol. The molecule has 5 nitrogen and oxygen atoms in total. The number of aromatic nitrogens is 1. The lowest BCUT2D eigenvalue weighted by atomic mass is 10.2. The summed E-state index contributed by atoms with van der Waals surface area (Å²) in [5.41, 5.74) is -0.259. The van der Waals surface area contributed by atoms with E-state index in [1.54, 1.807) is 6.07 Å². The van der Waals surface area contributed by atoms with Crippen LogP contribution in [-0.4, -0.2) is 16.8 Å². The van der Waals surface area contributed by atoms with E-state index in [-0.39, 0.29) is 22.8 Å². The van der Waals surface area contributed by atoms with Gasteiger partial charge in [0, 0.05) is 0 Å². The van der Waals surface area contributed by atoms with E-state index >= 15 is 0 Å². The maximum Gasteiger partial charge on any atom is 0.259 e. The SMILES string of the molecule is O=C(Nc1cccc(NC(=O)c2ccccc2F)n1)c1ccccc1F. The monoisotopic (exact) mass is 353 g/mol. The minimum atomic E-state index is -0.673. The molecule has 0 bridgehead atoms. The Morgan fingerprint density at radius 3 is 1.50 bits per heavy atom. The Hall–Kier alpha value is -3.61. The molecule has 0 aliphatic rings. The quantitative estimate of drug-likeness (QED) is 0.748. The van der Waals surface area contributed by atoms with Crippen LogP contribution in [0.2, 0.25) is 0 Å². The van der Waals surface area contributed by atoms with Crippen molar-refractivity contribution in [1.29, 1.82) is 0 Å². The van der Waals surface area contributed by atoms with E-state index < -0.39 is 23.4 Å². The first-order valence-corrected chi connectivity index (χ1v) is 7.63. The topological polar surface area (TPSA) is 71.1 Å². The zero-order chi connectivity index (χ0) is 18.5. The molecule has 0 aliphatic carbocycles. The van der Waals surface area contributed by atoms with E-state index in [9.17, 15) is 18.4 Å². The summed E-state index contributed by atoms with van der Waals surface area (Å²) in [6, 6.07) is 15.6. The fraction of sp³-hybridized carbons (Fsp3) is 0. The van der Waals surface area contributed by atoms with Crippen LogP contribution in [-0.2, 0) is 0 Å². The highest BCUT2D eigenvalue weighted by Gasteiger charge is 2.14. The number of nitrogens with zero attached hydrogens (tertiary/aromatic N) is 1. The van der Waals surface area contributed by atoms with Crippen molar-refractivity contribution in [2.75, 3.05) is 10.6 Å². The summed E-state index contributed by atoms with van der Waals surface area (Å²) in [5.74, 6) is -2.43. The van der Waals surface area contributed by atoms with Crippen molar-refractivity contribution < 1.29 is 18.4 Å². The second-order valence-electron chi connectivity index (χ2n) is 5.28. The minimum absolute atomic E-state index is 0.115. The van der Waals surface area contributed by atoms with Crippen molar-refractivity contribution in [3.63, 3.8) is 0 Å². The second-order valence-corrected chi connectivity index (χ2v) is 5.28. The van der Waals surface area contributed by atoms with Crippen molar-refractivity contribution >= 4 is 23.5 Å². The predicted molar refractivity (Wildman–Crippen MR) is 92.9 cm³/mol. The zero-order valence-corrected chi connectivity index (χ0v) is 13.4. The van der Waals surface area contributed by atoms with Crippen LogP contribution in [0, 0.1) is 11.6 Å². The highest BCUT2D eigenvalue weighted by Crippen LogP contribution is 2.14. The normalized spacial score (nSPS) is 10.2. The van der Waals surface area contributed by atoms with E-state index in [2.05, 4.69) is 15.6 Å². The summed E-state index contributed by atoms with van der Waals surface area (Å²) in [6.07, 6.45) is 0. The van der Waals surface area contributed by atoms with Gasteiger partial charge in [-0.05, 0) is 36.4 Å². The van der Waals surface area contributed by atoms with Crippen molar-refractivity contribution in [3.8, 4) is 0 Å². The summed E-state index contributed by atoms with van der Waals surface area (Å²) in [5, 5.41) is 4.90. The van der Waals surface area contributed by atoms with E-state index in [4.69, 9.17) is 0 Å². The minimum Gasteiger partial charge on any atom is -0.306 e. The molecule has 3 aromatic rings. The first kappa shape index (κ1) is 17.2. The Kier molecular flexibility index (Phi) is 4.98. The molecule has 0 radical (unpaired) electrons. The standard InChI is InChI=1S/C19H13F2N3O2/c20-14-8-3-1-6-12(14)18(25)23-16-10-5-11-17(22-16)24-19(26)13-7-2-4-9-15(13)21/h1-11H,(H2,22,23,24,25,26). The molecule has 7 heteroatoms. The maximum atomic E-state index is 13.6. The molecule has 0 fully saturated rings. The Labute approximate surface area is 147 Å². The number of hydrogen-bond donors (Lipinski definition) is 2. The van der Waals surface area contributed by atoms with Crippen LogP contribution in [0.1, 0.15) is 20.7 Å². The van der Waals surface area contributed by atoms with Gasteiger partial charge in [-0.25, -0.2) is 13.8 Å². The molecule has 0 aliphatic heterocycles. The van der Waals surface area contributed by atoms with Gasteiger partial charge in [0.05, 0.1) is 11.1 Å². The Bertz CT molecular complexity index is 902. The predicted octanol–water partition coefficient (Wildman–Crippen LogP) is 3.86. The number of pyridine rings is 1. The number of carbonyl (C=O) groups is 2. The van der Waals surface area contributed by atoms with Gasteiger partial charge in [0.2, 0.25) is 0 Å². The van der Waals surface area contributed by atoms with E-state index in [0.717, 1.165) is 0 Å². The van der Waals surface area contributed by atoms with Gasteiger partial charge in [0.25, 0.3) is 11.8 Å². The second kappa shape index (κ2) is 7.52. The van der Waals surface area contributed by atoms with Gasteiger partial charge in [-0.1, -0.05) is 30.3 Å². The summed E-state index contributed by atoms with van der Waals surface area (Å²) < 4.78 is 27.3. The van der Waals surface area contributed by atoms with Gasteiger partial charge < -0.3 is 10.6 Å². The molecule has 3 rings (SSSR count). The molecule has 2 aromatic carbocycles. The lowest BCUT2D eigenvalue weighted by molar-refractivity contribution is 0.101. The molecule has 0 atom stereocenters. The van der Waals surface area contributed by atoms with Crippen molar-refractivity contribution in [2.24, 2.45) is 0 Å². The fourth-order valence-corrected chi connectivity index (χ4v) is 2.23. The third kappa shape index (κ3) is 3.89. The first-order valence-electron chi connectivity index (χ1n) is 7.63. The first-order chi connectivity index (χ1) is 12.5. The lowest BCUT2D eigenvalue weighted by Crippen LogP contribution is -2.17. The van der Waals surface area contributed by atoms with Gasteiger partial charge in [-0.15, -0.1) is 0 Å². The van der Waals surface area contributed by atoms with Crippen LogP contribution in [0.15, 0.2) is 66.7 Å². The number of halogens is 2. The average molecular weight is 353 g/mol. The van der Waals surface area contributed by atoms with Gasteiger partial charge >= 0.3 is 0 Å². The smallest absolute Gasteiger partial charge is 0.259 e. The van der Waals surface area contributed by atoms with Crippen LogP contribution < -0.4 is 10.6 Å². The number of nitrogens with one attached hydrogen (secondary N) is 2. The molecular formula is C19H13F2N3O2. The van der Waals surface area contributed by atoms with Crippen molar-refractivity contribution in [2.45, 2.75) is 0 Å². The fourth-order valence-electron chi connectivity index (χ4n) is 2.23. The van der Waals surface area contributed by atoms with Gasteiger partial charge in [0.15, 0.2) is 0 Å². The summed E-state index contributed by atoms with van der Waals surface area (Å²) in [7, 11) is 0. The molecule has 130 valence electrons. The van der Waals surface area contributed by atoms with E-state index in [1.807, 2.05) is 0 Å². The molecule has 1 heterocycles. The number of anilines is 2. The maximum absolute atomic E-state index is 13.6. The van der Waals surface area contributed by atoms with Crippen LogP contribution >= 0.6 is 0 Å². The molecule has 0 saturated heterocycles. The van der Waals surface area contributed by atoms with E-state index in [0.29, 0.717) is 0 Å². The van der Waals surface area contributed by atoms with E-state index in [1.165, 1.54) is 60.7 Å². The van der Waals surface area contributed by atoms with Gasteiger partial charge in [0.1, 0.15) is 23.3 Å². The Balaban J connectivity index is 1.74. The van der Waals surface area contributed by atoms with Gasteiger partial charge in [-0.2, -0.15) is 0 Å². The summed E-state index contributed by atoms with van der Waals surface area (Å²) in [4.78, 5) is 28.3. The number of benzene rings is 2. The third-order valence-corrected chi connectivity index (χ3v) is 3.47. The molecule has 2 N–H and O–H groups in total. The highest BCUT2D eigenvalue weighted by molar-refractivity contribution is 6.05. The van der Waals surface area contributed by atoms with Crippen LogP contribution in [0.3, 0.4) is 0 Å². The number of hydrogen-bond acceptors (Lipinski definition) is 3. The van der Waals surface area contributed by atoms with Crippen LogP contribution in [0.25, 0.3) is 0 Å². The highest BCUT2D eigenvalue weighted by atomic mass is 19.1. The Morgan fingerprint density at radius 2 is 1.08 bits per heavy atom.